The lowest BCUT2D eigenvalue weighted by atomic mass is 10.2. The van der Waals surface area contributed by atoms with Gasteiger partial charge in [0.05, 0.1) is 18.3 Å². The van der Waals surface area contributed by atoms with E-state index in [1.807, 2.05) is 0 Å². The molecule has 0 spiro atoms. The van der Waals surface area contributed by atoms with Crippen molar-refractivity contribution in [1.82, 2.24) is 5.32 Å². The Morgan fingerprint density at radius 3 is 2.88 bits per heavy atom. The molecular weight excluding hydrogens is 327 g/mol. The largest absolute Gasteiger partial charge is 0.370 e. The van der Waals surface area contributed by atoms with Crippen LogP contribution in [-0.2, 0) is 14.3 Å². The van der Waals surface area contributed by atoms with Crippen LogP contribution in [0.2, 0.25) is 0 Å². The maximum absolute atomic E-state index is 14.4. The Labute approximate surface area is 145 Å². The van der Waals surface area contributed by atoms with Crippen molar-refractivity contribution in [2.45, 2.75) is 18.9 Å². The van der Waals surface area contributed by atoms with Crippen LogP contribution in [-0.4, -0.2) is 50.7 Å². The number of rotatable bonds is 7. The lowest BCUT2D eigenvalue weighted by Crippen LogP contribution is -2.46. The van der Waals surface area contributed by atoms with Gasteiger partial charge in [-0.05, 0) is 43.5 Å². The molecule has 8 heteroatoms. The van der Waals surface area contributed by atoms with Crippen LogP contribution in [0.3, 0.4) is 0 Å². The molecule has 0 radical (unpaired) electrons. The highest BCUT2D eigenvalue weighted by atomic mass is 19.1. The van der Waals surface area contributed by atoms with E-state index in [2.05, 4.69) is 10.6 Å². The molecule has 3 rings (SSSR count). The van der Waals surface area contributed by atoms with E-state index in [4.69, 9.17) is 10.5 Å². The molecule has 136 valence electrons. The van der Waals surface area contributed by atoms with Crippen LogP contribution >= 0.6 is 0 Å². The number of halogens is 1. The normalized spacial score (nSPS) is 19.0. The van der Waals surface area contributed by atoms with E-state index in [9.17, 15) is 14.0 Å². The minimum Gasteiger partial charge on any atom is -0.370 e. The van der Waals surface area contributed by atoms with E-state index in [0.717, 1.165) is 6.54 Å². The molecule has 7 nitrogen and oxygen atoms in total. The number of hydrogen-bond acceptors (Lipinski definition) is 5. The number of nitrogens with two attached hydrogens (primary N) is 1. The van der Waals surface area contributed by atoms with Crippen molar-refractivity contribution in [2.75, 3.05) is 43.1 Å². The summed E-state index contributed by atoms with van der Waals surface area (Å²) in [4.78, 5) is 25.4. The molecule has 2 amide bonds. The van der Waals surface area contributed by atoms with Gasteiger partial charge in [0.2, 0.25) is 5.91 Å². The fourth-order valence-corrected chi connectivity index (χ4v) is 2.72. The molecule has 1 saturated carbocycles. The number of amides is 2. The Morgan fingerprint density at radius 2 is 2.24 bits per heavy atom. The van der Waals surface area contributed by atoms with Crippen molar-refractivity contribution >= 4 is 23.2 Å². The van der Waals surface area contributed by atoms with Gasteiger partial charge in [-0.15, -0.1) is 0 Å². The molecule has 4 N–H and O–H groups in total. The number of hydrogen-bond donors (Lipinski definition) is 3. The fraction of sp³-hybridized carbons (Fsp3) is 0.529. The van der Waals surface area contributed by atoms with Crippen molar-refractivity contribution in [2.24, 2.45) is 11.7 Å². The average Bonchev–Trinajstić information content (AvgIpc) is 3.41. The Hall–Kier alpha value is -2.03. The highest BCUT2D eigenvalue weighted by Crippen LogP contribution is 2.28. The first-order chi connectivity index (χ1) is 12.1. The minimum absolute atomic E-state index is 0.0528. The number of nitrogens with zero attached hydrogens (tertiary/aromatic N) is 1. The lowest BCUT2D eigenvalue weighted by molar-refractivity contribution is -0.125. The SMILES string of the molecule is NC[C@H](NCC1CC1)C(=O)Nc1ccc(N2CCOCC2=O)c(F)c1. The van der Waals surface area contributed by atoms with Gasteiger partial charge >= 0.3 is 0 Å². The van der Waals surface area contributed by atoms with Crippen LogP contribution in [0.15, 0.2) is 18.2 Å². The number of nitrogens with one attached hydrogen (secondary N) is 2. The fourth-order valence-electron chi connectivity index (χ4n) is 2.72. The van der Waals surface area contributed by atoms with Gasteiger partial charge in [0.1, 0.15) is 12.4 Å². The molecule has 25 heavy (non-hydrogen) atoms. The van der Waals surface area contributed by atoms with Crippen LogP contribution < -0.4 is 21.3 Å². The molecule has 1 aromatic rings. The summed E-state index contributed by atoms with van der Waals surface area (Å²) in [6.45, 7) is 1.56. The zero-order valence-electron chi connectivity index (χ0n) is 14.0. The number of benzene rings is 1. The maximum atomic E-state index is 14.4. The standard InChI is InChI=1S/C17H23FN4O3/c18-13-7-12(3-4-15(13)22-5-6-25-10-16(22)23)21-17(24)14(8-19)20-9-11-1-2-11/h3-4,7,11,14,20H,1-2,5-6,8-10,19H2,(H,21,24)/t14-/m0/s1. The lowest BCUT2D eigenvalue weighted by Gasteiger charge is -2.27. The van der Waals surface area contributed by atoms with Crippen LogP contribution in [0.4, 0.5) is 15.8 Å². The zero-order valence-corrected chi connectivity index (χ0v) is 14.0. The second kappa shape index (κ2) is 7.90. The summed E-state index contributed by atoms with van der Waals surface area (Å²) >= 11 is 0. The summed E-state index contributed by atoms with van der Waals surface area (Å²) in [6, 6.07) is 3.77. The van der Waals surface area contributed by atoms with Crippen molar-refractivity contribution in [1.29, 1.82) is 0 Å². The third-order valence-electron chi connectivity index (χ3n) is 4.39. The minimum atomic E-state index is -0.566. The first kappa shape index (κ1) is 17.8. The van der Waals surface area contributed by atoms with E-state index < -0.39 is 11.9 Å². The predicted octanol–water partition coefficient (Wildman–Crippen LogP) is 0.454. The number of morpholine rings is 1. The highest BCUT2D eigenvalue weighted by Gasteiger charge is 2.25. The number of carbonyl (C=O) groups is 2. The summed E-state index contributed by atoms with van der Waals surface area (Å²) in [5, 5.41) is 5.81. The number of ether oxygens (including phenoxy) is 1. The van der Waals surface area contributed by atoms with Crippen molar-refractivity contribution in [3.05, 3.63) is 24.0 Å². The van der Waals surface area contributed by atoms with Gasteiger partial charge < -0.3 is 26.0 Å². The number of anilines is 2. The molecule has 0 bridgehead atoms. The summed E-state index contributed by atoms with van der Waals surface area (Å²) in [6.07, 6.45) is 2.36. The summed E-state index contributed by atoms with van der Waals surface area (Å²) in [5.41, 5.74) is 6.17. The quantitative estimate of drug-likeness (QED) is 0.664. The highest BCUT2D eigenvalue weighted by molar-refractivity contribution is 5.97. The molecule has 0 unspecified atom stereocenters. The van der Waals surface area contributed by atoms with Gasteiger partial charge in [0, 0.05) is 18.8 Å². The van der Waals surface area contributed by atoms with E-state index >= 15 is 0 Å². The Morgan fingerprint density at radius 1 is 1.44 bits per heavy atom. The van der Waals surface area contributed by atoms with Crippen molar-refractivity contribution in [3.8, 4) is 0 Å². The molecule has 1 saturated heterocycles. The first-order valence-corrected chi connectivity index (χ1v) is 8.50. The summed E-state index contributed by atoms with van der Waals surface area (Å²) in [7, 11) is 0. The molecule has 0 aromatic heterocycles. The topological polar surface area (TPSA) is 96.7 Å². The second-order valence-electron chi connectivity index (χ2n) is 6.39. The van der Waals surface area contributed by atoms with E-state index in [1.165, 1.54) is 29.9 Å². The maximum Gasteiger partial charge on any atom is 0.253 e. The van der Waals surface area contributed by atoms with Crippen LogP contribution in [0.25, 0.3) is 0 Å². The Bertz CT molecular complexity index is 651. The Kier molecular flexibility index (Phi) is 5.62. The average molecular weight is 350 g/mol. The van der Waals surface area contributed by atoms with Gasteiger partial charge in [-0.2, -0.15) is 0 Å². The molecular formula is C17H23FN4O3. The number of carbonyl (C=O) groups excluding carboxylic acids is 2. The monoisotopic (exact) mass is 350 g/mol. The van der Waals surface area contributed by atoms with Crippen molar-refractivity contribution < 1.29 is 18.7 Å². The van der Waals surface area contributed by atoms with Gasteiger partial charge in [0.15, 0.2) is 0 Å². The zero-order chi connectivity index (χ0) is 17.8. The molecule has 2 fully saturated rings. The second-order valence-corrected chi connectivity index (χ2v) is 6.39. The first-order valence-electron chi connectivity index (χ1n) is 8.50. The van der Waals surface area contributed by atoms with E-state index in [0.29, 0.717) is 24.8 Å². The predicted molar refractivity (Wildman–Crippen MR) is 91.8 cm³/mol. The molecule has 1 aliphatic carbocycles. The third-order valence-corrected chi connectivity index (χ3v) is 4.39. The van der Waals surface area contributed by atoms with Crippen LogP contribution in [0, 0.1) is 11.7 Å². The Balaban J connectivity index is 1.63. The molecule has 2 aliphatic rings. The molecule has 1 aliphatic heterocycles. The molecule has 1 aromatic carbocycles. The smallest absolute Gasteiger partial charge is 0.253 e. The summed E-state index contributed by atoms with van der Waals surface area (Å²) in [5.74, 6) is -0.514. The van der Waals surface area contributed by atoms with Gasteiger partial charge in [-0.25, -0.2) is 4.39 Å². The van der Waals surface area contributed by atoms with Crippen LogP contribution in [0.1, 0.15) is 12.8 Å². The van der Waals surface area contributed by atoms with E-state index in [-0.39, 0.29) is 30.7 Å². The van der Waals surface area contributed by atoms with Gasteiger partial charge in [-0.3, -0.25) is 9.59 Å². The molecule has 1 atom stereocenters. The summed E-state index contributed by atoms with van der Waals surface area (Å²) < 4.78 is 19.4. The van der Waals surface area contributed by atoms with Gasteiger partial charge in [-0.1, -0.05) is 0 Å². The van der Waals surface area contributed by atoms with Gasteiger partial charge in [0.25, 0.3) is 5.91 Å². The third kappa shape index (κ3) is 4.53. The van der Waals surface area contributed by atoms with E-state index in [1.54, 1.807) is 6.07 Å². The van der Waals surface area contributed by atoms with Crippen molar-refractivity contribution in [3.63, 3.8) is 0 Å². The van der Waals surface area contributed by atoms with Crippen LogP contribution in [0.5, 0.6) is 0 Å². The molecule has 1 heterocycles.